The summed E-state index contributed by atoms with van der Waals surface area (Å²) in [6.45, 7) is 0.605. The Balaban J connectivity index is 1.90. The second-order valence-corrected chi connectivity index (χ2v) is 6.16. The fourth-order valence-electron chi connectivity index (χ4n) is 1.99. The van der Waals surface area contributed by atoms with Gasteiger partial charge < -0.3 is 10.1 Å². The predicted molar refractivity (Wildman–Crippen MR) is 90.4 cm³/mol. The van der Waals surface area contributed by atoms with Crippen LogP contribution in [-0.2, 0) is 6.54 Å². The van der Waals surface area contributed by atoms with Crippen molar-refractivity contribution < 1.29 is 4.74 Å². The minimum absolute atomic E-state index is 0.605. The van der Waals surface area contributed by atoms with Gasteiger partial charge in [0.05, 0.1) is 29.5 Å². The summed E-state index contributed by atoms with van der Waals surface area (Å²) < 4.78 is 14.8. The van der Waals surface area contributed by atoms with Gasteiger partial charge in [0.2, 0.25) is 0 Å². The molecule has 7 heteroatoms. The predicted octanol–water partition coefficient (Wildman–Crippen LogP) is 4.73. The highest BCUT2D eigenvalue weighted by Gasteiger charge is 2.10. The van der Waals surface area contributed by atoms with Crippen LogP contribution in [0.25, 0.3) is 11.0 Å². The fourth-order valence-corrected chi connectivity index (χ4v) is 3.14. The molecule has 0 fully saturated rings. The second kappa shape index (κ2) is 6.17. The summed E-state index contributed by atoms with van der Waals surface area (Å²) in [7, 11) is 1.65. The molecule has 0 bridgehead atoms. The Bertz CT molecular complexity index is 793. The molecule has 3 aromatic rings. The fraction of sp³-hybridized carbons (Fsp3) is 0.143. The number of hydrogen-bond donors (Lipinski definition) is 1. The van der Waals surface area contributed by atoms with E-state index in [1.807, 2.05) is 30.3 Å². The van der Waals surface area contributed by atoms with Crippen molar-refractivity contribution in [3.05, 3.63) is 45.4 Å². The monoisotopic (exact) mass is 383 g/mol. The van der Waals surface area contributed by atoms with Crippen LogP contribution in [0.4, 0.5) is 5.69 Å². The van der Waals surface area contributed by atoms with Crippen molar-refractivity contribution >= 4 is 56.0 Å². The molecule has 0 radical (unpaired) electrons. The van der Waals surface area contributed by atoms with E-state index in [-0.39, 0.29) is 0 Å². The third kappa shape index (κ3) is 2.97. The molecule has 0 aliphatic heterocycles. The highest BCUT2D eigenvalue weighted by atomic mass is 79.9. The minimum atomic E-state index is 0.605. The Kier molecular flexibility index (Phi) is 4.28. The van der Waals surface area contributed by atoms with Crippen molar-refractivity contribution in [3.63, 3.8) is 0 Å². The third-order valence-corrected chi connectivity index (χ3v) is 4.72. The minimum Gasteiger partial charge on any atom is -0.497 e. The highest BCUT2D eigenvalue weighted by Crippen LogP contribution is 2.31. The molecule has 0 saturated heterocycles. The normalized spacial score (nSPS) is 10.8. The molecular weight excluding hydrogens is 374 g/mol. The molecule has 1 heterocycles. The average molecular weight is 385 g/mol. The van der Waals surface area contributed by atoms with Crippen molar-refractivity contribution in [1.82, 2.24) is 8.75 Å². The number of anilines is 1. The van der Waals surface area contributed by atoms with Gasteiger partial charge in [-0.3, -0.25) is 0 Å². The molecule has 2 aromatic carbocycles. The molecule has 0 unspecified atom stereocenters. The third-order valence-electron chi connectivity index (χ3n) is 3.09. The average Bonchev–Trinajstić information content (AvgIpc) is 2.96. The SMILES string of the molecule is COc1ccc(Br)c(CNc2c(Cl)ccc3nsnc23)c1. The summed E-state index contributed by atoms with van der Waals surface area (Å²) in [6, 6.07) is 9.54. The van der Waals surface area contributed by atoms with E-state index >= 15 is 0 Å². The number of halogens is 2. The van der Waals surface area contributed by atoms with Gasteiger partial charge in [0.25, 0.3) is 0 Å². The van der Waals surface area contributed by atoms with Crippen LogP contribution in [0.2, 0.25) is 5.02 Å². The first-order valence-corrected chi connectivity index (χ1v) is 8.06. The molecule has 3 rings (SSSR count). The van der Waals surface area contributed by atoms with Crippen LogP contribution in [-0.4, -0.2) is 15.9 Å². The van der Waals surface area contributed by atoms with Crippen molar-refractivity contribution in [2.24, 2.45) is 0 Å². The molecule has 0 amide bonds. The van der Waals surface area contributed by atoms with E-state index in [9.17, 15) is 0 Å². The number of aromatic nitrogens is 2. The van der Waals surface area contributed by atoms with E-state index in [4.69, 9.17) is 16.3 Å². The first kappa shape index (κ1) is 14.6. The van der Waals surface area contributed by atoms with Gasteiger partial charge in [0, 0.05) is 11.0 Å². The molecule has 0 aliphatic carbocycles. The van der Waals surface area contributed by atoms with Crippen LogP contribution >= 0.6 is 39.3 Å². The van der Waals surface area contributed by atoms with Gasteiger partial charge in [-0.25, -0.2) is 0 Å². The molecule has 21 heavy (non-hydrogen) atoms. The van der Waals surface area contributed by atoms with Crippen molar-refractivity contribution in [2.75, 3.05) is 12.4 Å². The van der Waals surface area contributed by atoms with E-state index in [0.717, 1.165) is 32.5 Å². The molecule has 4 nitrogen and oxygen atoms in total. The van der Waals surface area contributed by atoms with Gasteiger partial charge in [-0.15, -0.1) is 0 Å². The maximum absolute atomic E-state index is 6.26. The summed E-state index contributed by atoms with van der Waals surface area (Å²) >= 11 is 11.0. The van der Waals surface area contributed by atoms with Gasteiger partial charge in [-0.2, -0.15) is 8.75 Å². The Hall–Kier alpha value is -1.37. The molecule has 0 spiro atoms. The zero-order valence-electron chi connectivity index (χ0n) is 11.1. The lowest BCUT2D eigenvalue weighted by molar-refractivity contribution is 0.414. The quantitative estimate of drug-likeness (QED) is 0.706. The zero-order valence-corrected chi connectivity index (χ0v) is 14.2. The van der Waals surface area contributed by atoms with Crippen molar-refractivity contribution in [1.29, 1.82) is 0 Å². The van der Waals surface area contributed by atoms with E-state index in [1.165, 1.54) is 11.7 Å². The zero-order chi connectivity index (χ0) is 14.8. The van der Waals surface area contributed by atoms with E-state index < -0.39 is 0 Å². The lowest BCUT2D eigenvalue weighted by Crippen LogP contribution is -2.02. The van der Waals surface area contributed by atoms with Gasteiger partial charge in [-0.05, 0) is 35.9 Å². The van der Waals surface area contributed by atoms with Crippen LogP contribution in [0.15, 0.2) is 34.8 Å². The van der Waals surface area contributed by atoms with Crippen molar-refractivity contribution in [2.45, 2.75) is 6.54 Å². The largest absolute Gasteiger partial charge is 0.497 e. The van der Waals surface area contributed by atoms with Crippen LogP contribution in [0.1, 0.15) is 5.56 Å². The lowest BCUT2D eigenvalue weighted by Gasteiger charge is -2.11. The van der Waals surface area contributed by atoms with E-state index in [1.54, 1.807) is 7.11 Å². The van der Waals surface area contributed by atoms with Crippen LogP contribution in [0.5, 0.6) is 5.75 Å². The molecule has 0 saturated carbocycles. The molecular formula is C14H11BrClN3OS. The first-order valence-electron chi connectivity index (χ1n) is 6.16. The summed E-state index contributed by atoms with van der Waals surface area (Å²) in [5.41, 5.74) is 3.52. The second-order valence-electron chi connectivity index (χ2n) is 4.37. The molecule has 1 aromatic heterocycles. The number of ether oxygens (including phenoxy) is 1. The van der Waals surface area contributed by atoms with Gasteiger partial charge in [0.15, 0.2) is 0 Å². The number of nitrogens with zero attached hydrogens (tertiary/aromatic N) is 2. The van der Waals surface area contributed by atoms with Crippen LogP contribution in [0.3, 0.4) is 0 Å². The lowest BCUT2D eigenvalue weighted by atomic mass is 10.2. The topological polar surface area (TPSA) is 47.0 Å². The Morgan fingerprint density at radius 2 is 2.14 bits per heavy atom. The number of rotatable bonds is 4. The van der Waals surface area contributed by atoms with E-state index in [2.05, 4.69) is 30.0 Å². The summed E-state index contributed by atoms with van der Waals surface area (Å²) in [6.07, 6.45) is 0. The maximum atomic E-state index is 6.26. The van der Waals surface area contributed by atoms with Crippen LogP contribution < -0.4 is 10.1 Å². The number of methoxy groups -OCH3 is 1. The molecule has 0 aliphatic rings. The smallest absolute Gasteiger partial charge is 0.129 e. The molecule has 1 N–H and O–H groups in total. The van der Waals surface area contributed by atoms with Gasteiger partial charge in [0.1, 0.15) is 16.8 Å². The Morgan fingerprint density at radius 3 is 2.95 bits per heavy atom. The number of hydrogen-bond acceptors (Lipinski definition) is 5. The van der Waals surface area contributed by atoms with Crippen molar-refractivity contribution in [3.8, 4) is 5.75 Å². The van der Waals surface area contributed by atoms with Crippen LogP contribution in [0, 0.1) is 0 Å². The molecule has 0 atom stereocenters. The van der Waals surface area contributed by atoms with E-state index in [0.29, 0.717) is 11.6 Å². The van der Waals surface area contributed by atoms with Gasteiger partial charge >= 0.3 is 0 Å². The number of fused-ring (bicyclic) bond motifs is 1. The molecule has 108 valence electrons. The number of nitrogens with one attached hydrogen (secondary N) is 1. The summed E-state index contributed by atoms with van der Waals surface area (Å²) in [4.78, 5) is 0. The van der Waals surface area contributed by atoms with Gasteiger partial charge in [-0.1, -0.05) is 27.5 Å². The highest BCUT2D eigenvalue weighted by molar-refractivity contribution is 9.10. The Labute approximate surface area is 139 Å². The Morgan fingerprint density at radius 1 is 1.29 bits per heavy atom. The summed E-state index contributed by atoms with van der Waals surface area (Å²) in [5.74, 6) is 0.814. The maximum Gasteiger partial charge on any atom is 0.129 e. The first-order chi connectivity index (χ1) is 10.2. The summed E-state index contributed by atoms with van der Waals surface area (Å²) in [5, 5.41) is 3.97. The standard InChI is InChI=1S/C14H11BrClN3OS/c1-20-9-2-3-10(15)8(6-9)7-17-13-11(16)4-5-12-14(13)19-21-18-12/h2-6,17H,7H2,1H3. The number of benzene rings is 2.